The summed E-state index contributed by atoms with van der Waals surface area (Å²) in [4.78, 5) is 25.6. The van der Waals surface area contributed by atoms with E-state index in [9.17, 15) is 0 Å². The van der Waals surface area contributed by atoms with E-state index in [1.165, 1.54) is 28.4 Å². The predicted octanol–water partition coefficient (Wildman–Crippen LogP) is 27.3. The third-order valence-electron chi connectivity index (χ3n) is 10.7. The number of hydrogen-bond acceptors (Lipinski definition) is 17. The Labute approximate surface area is 612 Å². The molecule has 0 spiro atoms. The first-order valence-electron chi connectivity index (χ1n) is 36.1. The number of aryl methyl sites for hydroxylation is 2. The van der Waals surface area contributed by atoms with Gasteiger partial charge in [-0.1, -0.05) is 241 Å². The van der Waals surface area contributed by atoms with Gasteiger partial charge < -0.3 is 17.7 Å². The van der Waals surface area contributed by atoms with E-state index >= 15 is 0 Å². The van der Waals surface area contributed by atoms with Crippen LogP contribution in [0.15, 0.2) is 132 Å². The molecule has 0 saturated carbocycles. The van der Waals surface area contributed by atoms with Crippen molar-refractivity contribution >= 4 is 34.0 Å². The zero-order valence-corrected chi connectivity index (χ0v) is 71.5. The van der Waals surface area contributed by atoms with E-state index in [1.807, 2.05) is 196 Å². The van der Waals surface area contributed by atoms with Gasteiger partial charge in [0.15, 0.2) is 24.5 Å². The van der Waals surface area contributed by atoms with Crippen LogP contribution in [-0.4, -0.2) is 65.3 Å². The minimum atomic E-state index is 0.407. The summed E-state index contributed by atoms with van der Waals surface area (Å²) in [6.07, 6.45) is 16.9. The van der Waals surface area contributed by atoms with Crippen LogP contribution in [0.3, 0.4) is 0 Å². The molecule has 10 aromatic rings. The highest BCUT2D eigenvalue weighted by molar-refractivity contribution is 7.10. The van der Waals surface area contributed by atoms with Gasteiger partial charge in [0.05, 0.1) is 52.0 Å². The third-order valence-corrected chi connectivity index (χ3v) is 13.6. The van der Waals surface area contributed by atoms with E-state index in [-0.39, 0.29) is 0 Å². The number of nitrogens with one attached hydrogen (secondary N) is 2. The van der Waals surface area contributed by atoms with E-state index < -0.39 is 0 Å². The van der Waals surface area contributed by atoms with Gasteiger partial charge in [0.2, 0.25) is 0 Å². The Balaban J connectivity index is -0.000000150. The van der Waals surface area contributed by atoms with Gasteiger partial charge in [0.25, 0.3) is 0 Å². The van der Waals surface area contributed by atoms with E-state index in [1.54, 1.807) is 60.1 Å². The molecule has 98 heavy (non-hydrogen) atoms. The fourth-order valence-electron chi connectivity index (χ4n) is 5.85. The van der Waals surface area contributed by atoms with Gasteiger partial charge in [-0.3, -0.25) is 9.78 Å². The molecule has 10 heterocycles. The number of nitrogens with zero attached hydrogens (tertiary/aromatic N) is 11. The van der Waals surface area contributed by atoms with Crippen molar-refractivity contribution in [2.75, 3.05) is 0 Å². The van der Waals surface area contributed by atoms with Gasteiger partial charge in [-0.2, -0.15) is 25.6 Å². The van der Waals surface area contributed by atoms with Crippen molar-refractivity contribution in [3.8, 4) is 0 Å². The van der Waals surface area contributed by atoms with Crippen molar-refractivity contribution in [3.63, 3.8) is 0 Å². The summed E-state index contributed by atoms with van der Waals surface area (Å²) in [6.45, 7) is 78.1. The molecular formula is C78H145N13O4S3. The van der Waals surface area contributed by atoms with Gasteiger partial charge in [-0.15, -0.1) is 34.0 Å². The molecule has 20 heteroatoms. The molecule has 564 valence electrons. The number of hydrogen-bond donors (Lipinski definition) is 2. The zero-order chi connectivity index (χ0) is 77.6. The molecule has 0 fully saturated rings. The summed E-state index contributed by atoms with van der Waals surface area (Å²) in [6, 6.07) is 10.6. The average molecular weight is 1430 g/mol. The molecule has 0 saturated heterocycles. The van der Waals surface area contributed by atoms with Crippen molar-refractivity contribution in [2.24, 2.45) is 0 Å². The molecule has 0 radical (unpaired) electrons. The zero-order valence-electron chi connectivity index (χ0n) is 69.0. The van der Waals surface area contributed by atoms with Crippen molar-refractivity contribution in [1.29, 1.82) is 0 Å². The highest BCUT2D eigenvalue weighted by Gasteiger charge is 2.07. The first kappa shape index (κ1) is 107. The fourth-order valence-corrected chi connectivity index (χ4v) is 7.96. The summed E-state index contributed by atoms with van der Waals surface area (Å²) in [5, 5.41) is 28.7. The number of furan rings is 1. The smallest absolute Gasteiger partial charge is 0.196 e. The maximum atomic E-state index is 5.09. The van der Waals surface area contributed by atoms with Crippen LogP contribution in [0.2, 0.25) is 0 Å². The van der Waals surface area contributed by atoms with Crippen molar-refractivity contribution in [2.45, 2.75) is 322 Å². The van der Waals surface area contributed by atoms with Gasteiger partial charge in [-0.25, -0.2) is 29.9 Å². The number of thiophene rings is 1. The van der Waals surface area contributed by atoms with Crippen LogP contribution in [0, 0.1) is 13.8 Å². The molecule has 0 amide bonds. The molecule has 10 aromatic heterocycles. The summed E-state index contributed by atoms with van der Waals surface area (Å²) in [5.41, 5.74) is 6.16. The monoisotopic (exact) mass is 1420 g/mol. The molecule has 0 unspecified atom stereocenters. The Kier molecular flexibility index (Phi) is 83.4. The predicted molar refractivity (Wildman–Crippen MR) is 429 cm³/mol. The van der Waals surface area contributed by atoms with Gasteiger partial charge in [0.1, 0.15) is 29.9 Å². The molecule has 0 atom stereocenters. The second-order valence-electron chi connectivity index (χ2n) is 21.5. The number of thiazole rings is 2. The Morgan fingerprint density at radius 1 is 0.469 bits per heavy atom. The number of aromatic nitrogens is 13. The first-order valence-corrected chi connectivity index (χ1v) is 38.8. The first-order chi connectivity index (χ1) is 46.8. The van der Waals surface area contributed by atoms with Crippen LogP contribution in [0.5, 0.6) is 0 Å². The summed E-state index contributed by atoms with van der Waals surface area (Å²) < 4.78 is 21.7. The third kappa shape index (κ3) is 59.4. The van der Waals surface area contributed by atoms with Gasteiger partial charge in [0, 0.05) is 69.9 Å². The van der Waals surface area contributed by atoms with Crippen molar-refractivity contribution in [1.82, 2.24) is 65.3 Å². The topological polar surface area (TPSA) is 218 Å². The maximum absolute atomic E-state index is 5.09. The van der Waals surface area contributed by atoms with Crippen LogP contribution < -0.4 is 0 Å². The van der Waals surface area contributed by atoms with Crippen LogP contribution >= 0.6 is 34.0 Å². The lowest BCUT2D eigenvalue weighted by Crippen LogP contribution is -1.99. The quantitative estimate of drug-likeness (QED) is 0.130. The summed E-state index contributed by atoms with van der Waals surface area (Å²) in [5.74, 6) is 9.25. The van der Waals surface area contributed by atoms with Crippen LogP contribution in [0.4, 0.5) is 0 Å². The Morgan fingerprint density at radius 3 is 1.27 bits per heavy atom. The number of aromatic amines is 2. The van der Waals surface area contributed by atoms with Gasteiger partial charge >= 0.3 is 0 Å². The highest BCUT2D eigenvalue weighted by Crippen LogP contribution is 2.20. The summed E-state index contributed by atoms with van der Waals surface area (Å²) >= 11 is 5.21. The van der Waals surface area contributed by atoms with Crippen LogP contribution in [0.25, 0.3) is 0 Å². The Bertz CT molecular complexity index is 2390. The summed E-state index contributed by atoms with van der Waals surface area (Å²) in [7, 11) is 0. The fraction of sp³-hybridized carbons (Fsp3) is 0.615. The molecule has 17 nitrogen and oxygen atoms in total. The number of oxazole rings is 3. The molecule has 10 rings (SSSR count). The second-order valence-corrected chi connectivity index (χ2v) is 24.2. The second kappa shape index (κ2) is 76.1. The van der Waals surface area contributed by atoms with Gasteiger partial charge in [-0.05, 0) is 81.0 Å². The Hall–Kier alpha value is -6.64. The molecular weight excluding hydrogens is 1280 g/mol. The largest absolute Gasteiger partial charge is 0.469 e. The SMILES string of the molecule is CC.CC.CC.CC.CC.CC.CC.CC.CC(C)c1ccco1.CC(C)c1cccs1.CC(C)c1cnco1.CC(C)c1cocn1.CC(C)c1cscn1.CC(C)c1ncco1.CC(C)c1nccs1.CC(C)n1cccn1.Cc1n[nH]nc1C(C)C.Cc1nc(C(C)C)n[nH]1. The highest BCUT2D eigenvalue weighted by atomic mass is 32.1. The van der Waals surface area contributed by atoms with E-state index in [0.29, 0.717) is 59.3 Å². The van der Waals surface area contributed by atoms with Crippen LogP contribution in [0.1, 0.15) is 370 Å². The van der Waals surface area contributed by atoms with Crippen molar-refractivity contribution in [3.05, 3.63) is 176 Å². The van der Waals surface area contributed by atoms with E-state index in [0.717, 1.165) is 46.1 Å². The molecule has 0 aliphatic carbocycles. The number of H-pyrrole nitrogens is 2. The molecule has 0 bridgehead atoms. The minimum Gasteiger partial charge on any atom is -0.469 e. The Morgan fingerprint density at radius 2 is 1.06 bits per heavy atom. The lowest BCUT2D eigenvalue weighted by Gasteiger charge is -2.01. The normalized spacial score (nSPS) is 9.22. The van der Waals surface area contributed by atoms with Crippen LogP contribution in [-0.2, 0) is 0 Å². The lowest BCUT2D eigenvalue weighted by molar-refractivity contribution is 0.471. The average Bonchev–Trinajstić information content (AvgIpc) is 1.89. The molecule has 0 aliphatic heterocycles. The minimum absolute atomic E-state index is 0.407. The standard InChI is InChI=1S/C7H10O.C7H10S.2C6H11N3.C6H10N2.3C6H9NO.2C6H9NS.8C2H6/c2*1-6(2)7-4-3-5-8-7;1-4(2)6-7-5(3)8-9-6;1-4(2)6-5(3)7-9-8-6;1-6(2)8-5-3-4-7-8;1-5(2)6-3-8-4-7-6;1-5(2)6-3-7-4-8-6;1-5(2)6-7-3-4-8-6;1-5(2)6-3-8-4-7-6;1-5(2)6-7-3-4-8-6;8*1-2/h2*3-6H,1-2H3;2*4H,1-3H3,(H,7,8,9);3-6H,1-2H3;5*3-5H,1-2H3;8*1-2H3. The van der Waals surface area contributed by atoms with E-state index in [2.05, 4.69) is 208 Å². The maximum Gasteiger partial charge on any atom is 0.196 e. The number of rotatable bonds is 10. The van der Waals surface area contributed by atoms with Crippen molar-refractivity contribution < 1.29 is 17.7 Å². The lowest BCUT2D eigenvalue weighted by atomic mass is 10.1. The molecule has 0 aliphatic rings. The molecule has 0 aromatic carbocycles. The molecule has 2 N–H and O–H groups in total. The van der Waals surface area contributed by atoms with E-state index in [4.69, 9.17) is 17.7 Å².